The van der Waals surface area contributed by atoms with Crippen LogP contribution in [0.5, 0.6) is 0 Å². The van der Waals surface area contributed by atoms with Gasteiger partial charge in [-0.25, -0.2) is 14.4 Å². The quantitative estimate of drug-likeness (QED) is 0.358. The highest BCUT2D eigenvalue weighted by atomic mass is 16.6. The third-order valence-electron chi connectivity index (χ3n) is 5.31. The SMILES string of the molecule is O=C(O[C@H](C(=O)O)[C@@H](OC(=O)c1ccccc1)C(=O)Nc1cccc2ccccc12)c1ccccc1. The standard InChI is InChI=1S/C28H21NO7/c30-25(29-22-17-9-15-18-10-7-8-16-21(18)22)23(35-27(33)19-11-3-1-4-12-19)24(26(31)32)36-28(34)20-13-5-2-6-14-20/h1-17,23-24H,(H,29,30)(H,31,32)/t23-,24+/m1/s1. The molecule has 0 fully saturated rings. The Bertz CT molecular complexity index is 1400. The van der Waals surface area contributed by atoms with Crippen molar-refractivity contribution in [3.8, 4) is 0 Å². The van der Waals surface area contributed by atoms with E-state index in [4.69, 9.17) is 9.47 Å². The molecule has 8 heteroatoms. The summed E-state index contributed by atoms with van der Waals surface area (Å²) in [4.78, 5) is 50.9. The largest absolute Gasteiger partial charge is 0.478 e. The van der Waals surface area contributed by atoms with Crippen molar-refractivity contribution in [1.82, 2.24) is 0 Å². The van der Waals surface area contributed by atoms with Gasteiger partial charge in [0.2, 0.25) is 12.2 Å². The summed E-state index contributed by atoms with van der Waals surface area (Å²) in [5.41, 5.74) is 0.544. The Labute approximate surface area is 206 Å². The summed E-state index contributed by atoms with van der Waals surface area (Å²) in [6.07, 6.45) is -4.10. The predicted octanol–water partition coefficient (Wildman–Crippen LogP) is 4.31. The summed E-state index contributed by atoms with van der Waals surface area (Å²) in [5.74, 6) is -4.56. The lowest BCUT2D eigenvalue weighted by Gasteiger charge is -2.24. The fraction of sp³-hybridized carbons (Fsp3) is 0.0714. The van der Waals surface area contributed by atoms with E-state index in [1.54, 1.807) is 60.7 Å². The molecular weight excluding hydrogens is 462 g/mol. The fourth-order valence-electron chi connectivity index (χ4n) is 3.55. The van der Waals surface area contributed by atoms with Crippen molar-refractivity contribution in [1.29, 1.82) is 0 Å². The number of anilines is 1. The van der Waals surface area contributed by atoms with Gasteiger partial charge in [0, 0.05) is 11.1 Å². The van der Waals surface area contributed by atoms with Crippen LogP contribution in [0.25, 0.3) is 10.8 Å². The molecule has 8 nitrogen and oxygen atoms in total. The number of carbonyl (C=O) groups excluding carboxylic acids is 3. The van der Waals surface area contributed by atoms with Crippen LogP contribution in [0.1, 0.15) is 20.7 Å². The van der Waals surface area contributed by atoms with E-state index < -0.39 is 36.0 Å². The lowest BCUT2D eigenvalue weighted by molar-refractivity contribution is -0.157. The van der Waals surface area contributed by atoms with Crippen molar-refractivity contribution >= 4 is 40.3 Å². The molecule has 4 aromatic rings. The molecule has 4 aromatic carbocycles. The minimum atomic E-state index is -2.11. The normalized spacial score (nSPS) is 12.2. The van der Waals surface area contributed by atoms with Gasteiger partial charge in [-0.1, -0.05) is 72.8 Å². The van der Waals surface area contributed by atoms with E-state index in [-0.39, 0.29) is 11.1 Å². The van der Waals surface area contributed by atoms with Gasteiger partial charge in [-0.2, -0.15) is 0 Å². The number of carboxylic acids is 1. The van der Waals surface area contributed by atoms with Crippen molar-refractivity contribution in [2.75, 3.05) is 5.32 Å². The van der Waals surface area contributed by atoms with Gasteiger partial charge in [-0.15, -0.1) is 0 Å². The average molecular weight is 483 g/mol. The molecule has 0 aromatic heterocycles. The van der Waals surface area contributed by atoms with Gasteiger partial charge in [0.25, 0.3) is 5.91 Å². The molecule has 0 spiro atoms. The molecule has 180 valence electrons. The zero-order valence-electron chi connectivity index (χ0n) is 18.9. The van der Waals surface area contributed by atoms with Crippen LogP contribution >= 0.6 is 0 Å². The van der Waals surface area contributed by atoms with Crippen LogP contribution in [-0.4, -0.2) is 41.1 Å². The number of aliphatic carboxylic acids is 1. The molecule has 0 aliphatic heterocycles. The van der Waals surface area contributed by atoms with E-state index in [1.165, 1.54) is 24.3 Å². The number of rotatable bonds is 8. The molecule has 0 heterocycles. The monoisotopic (exact) mass is 483 g/mol. The molecule has 0 unspecified atom stereocenters. The van der Waals surface area contributed by atoms with Crippen LogP contribution in [0.2, 0.25) is 0 Å². The van der Waals surface area contributed by atoms with Crippen molar-refractivity contribution in [2.45, 2.75) is 12.2 Å². The maximum atomic E-state index is 13.3. The van der Waals surface area contributed by atoms with Crippen molar-refractivity contribution in [3.05, 3.63) is 114 Å². The molecule has 0 saturated carbocycles. The van der Waals surface area contributed by atoms with Gasteiger partial charge in [-0.3, -0.25) is 4.79 Å². The minimum Gasteiger partial charge on any atom is -0.478 e. The van der Waals surface area contributed by atoms with E-state index in [1.807, 2.05) is 18.2 Å². The van der Waals surface area contributed by atoms with Gasteiger partial charge in [0.1, 0.15) is 0 Å². The van der Waals surface area contributed by atoms with Crippen LogP contribution in [0, 0.1) is 0 Å². The number of carbonyl (C=O) groups is 4. The van der Waals surface area contributed by atoms with Crippen LogP contribution in [-0.2, 0) is 19.1 Å². The van der Waals surface area contributed by atoms with Crippen molar-refractivity contribution < 1.29 is 33.8 Å². The van der Waals surface area contributed by atoms with Crippen molar-refractivity contribution in [3.63, 3.8) is 0 Å². The summed E-state index contributed by atoms with van der Waals surface area (Å²) in [5, 5.41) is 14.0. The molecule has 0 radical (unpaired) electrons. The van der Waals surface area contributed by atoms with Gasteiger partial charge in [0.05, 0.1) is 11.1 Å². The first-order valence-corrected chi connectivity index (χ1v) is 11.0. The summed E-state index contributed by atoms with van der Waals surface area (Å²) < 4.78 is 10.5. The zero-order chi connectivity index (χ0) is 25.5. The van der Waals surface area contributed by atoms with Crippen LogP contribution in [0.3, 0.4) is 0 Å². The highest BCUT2D eigenvalue weighted by Crippen LogP contribution is 2.24. The first kappa shape index (κ1) is 24.2. The maximum absolute atomic E-state index is 13.3. The Morgan fingerprint density at radius 1 is 0.611 bits per heavy atom. The Morgan fingerprint density at radius 2 is 1.11 bits per heavy atom. The predicted molar refractivity (Wildman–Crippen MR) is 132 cm³/mol. The number of esters is 2. The van der Waals surface area contributed by atoms with Crippen LogP contribution < -0.4 is 5.32 Å². The number of hydrogen-bond acceptors (Lipinski definition) is 6. The Morgan fingerprint density at radius 3 is 1.69 bits per heavy atom. The second-order valence-electron chi connectivity index (χ2n) is 7.74. The van der Waals surface area contributed by atoms with E-state index in [0.717, 1.165) is 5.39 Å². The number of amides is 1. The van der Waals surface area contributed by atoms with E-state index in [2.05, 4.69) is 5.32 Å². The Kier molecular flexibility index (Phi) is 7.36. The molecule has 4 rings (SSSR count). The number of ether oxygens (including phenoxy) is 2. The summed E-state index contributed by atoms with van der Waals surface area (Å²) >= 11 is 0. The van der Waals surface area contributed by atoms with E-state index in [9.17, 15) is 24.3 Å². The molecule has 2 N–H and O–H groups in total. The summed E-state index contributed by atoms with van der Waals surface area (Å²) in [6.45, 7) is 0. The number of carboxylic acid groups (broad SMARTS) is 1. The zero-order valence-corrected chi connectivity index (χ0v) is 18.9. The van der Waals surface area contributed by atoms with Crippen molar-refractivity contribution in [2.24, 2.45) is 0 Å². The smallest absolute Gasteiger partial charge is 0.349 e. The average Bonchev–Trinajstić information content (AvgIpc) is 2.91. The summed E-state index contributed by atoms with van der Waals surface area (Å²) in [7, 11) is 0. The van der Waals surface area contributed by atoms with Gasteiger partial charge in [0.15, 0.2) is 0 Å². The Hall–Kier alpha value is -4.98. The highest BCUT2D eigenvalue weighted by Gasteiger charge is 2.41. The van der Waals surface area contributed by atoms with E-state index in [0.29, 0.717) is 11.1 Å². The van der Waals surface area contributed by atoms with Gasteiger partial charge >= 0.3 is 17.9 Å². The van der Waals surface area contributed by atoms with Gasteiger partial charge in [-0.05, 0) is 35.7 Å². The maximum Gasteiger partial charge on any atom is 0.349 e. The summed E-state index contributed by atoms with van der Waals surface area (Å²) in [6, 6.07) is 27.9. The molecule has 36 heavy (non-hydrogen) atoms. The molecule has 0 aliphatic carbocycles. The number of fused-ring (bicyclic) bond motifs is 1. The topological polar surface area (TPSA) is 119 Å². The van der Waals surface area contributed by atoms with Crippen LogP contribution in [0.4, 0.5) is 5.69 Å². The number of hydrogen-bond donors (Lipinski definition) is 2. The lowest BCUT2D eigenvalue weighted by atomic mass is 10.1. The second-order valence-corrected chi connectivity index (χ2v) is 7.74. The third-order valence-corrected chi connectivity index (χ3v) is 5.31. The first-order valence-electron chi connectivity index (χ1n) is 11.0. The highest BCUT2D eigenvalue weighted by molar-refractivity contribution is 6.06. The van der Waals surface area contributed by atoms with E-state index >= 15 is 0 Å². The fourth-order valence-corrected chi connectivity index (χ4v) is 3.55. The Balaban J connectivity index is 1.66. The third kappa shape index (κ3) is 5.56. The number of nitrogens with one attached hydrogen (secondary N) is 1. The van der Waals surface area contributed by atoms with Gasteiger partial charge < -0.3 is 19.9 Å². The molecule has 2 atom stereocenters. The number of benzene rings is 4. The molecule has 0 aliphatic rings. The minimum absolute atomic E-state index is 0.0753. The molecule has 1 amide bonds. The second kappa shape index (κ2) is 11.0. The molecular formula is C28H21NO7. The first-order chi connectivity index (χ1) is 17.4. The lowest BCUT2D eigenvalue weighted by Crippen LogP contribution is -2.48. The molecule has 0 bridgehead atoms. The van der Waals surface area contributed by atoms with Crippen LogP contribution in [0.15, 0.2) is 103 Å². The molecule has 0 saturated heterocycles.